The number of H-pyrrole nitrogens is 1. The molecule has 1 atom stereocenters. The number of carbonyl (C=O) groups excluding carboxylic acids is 1. The van der Waals surface area contributed by atoms with Crippen LogP contribution in [0.5, 0.6) is 0 Å². The Balaban J connectivity index is 1.34. The zero-order valence-electron chi connectivity index (χ0n) is 18.2. The van der Waals surface area contributed by atoms with Gasteiger partial charge in [-0.1, -0.05) is 30.7 Å². The first-order valence-corrected chi connectivity index (χ1v) is 11.2. The second-order valence-corrected chi connectivity index (χ2v) is 8.43. The van der Waals surface area contributed by atoms with E-state index in [1.807, 2.05) is 43.5 Å². The van der Waals surface area contributed by atoms with Crippen molar-refractivity contribution in [1.29, 1.82) is 0 Å². The van der Waals surface area contributed by atoms with Gasteiger partial charge in [0.15, 0.2) is 0 Å². The number of rotatable bonds is 5. The normalized spacial score (nSPS) is 16.8. The number of nitrogens with zero attached hydrogens (tertiary/aromatic N) is 3. The fourth-order valence-corrected chi connectivity index (χ4v) is 4.50. The van der Waals surface area contributed by atoms with Gasteiger partial charge in [-0.05, 0) is 67.6 Å². The molecule has 2 aromatic heterocycles. The molecule has 1 aliphatic heterocycles. The van der Waals surface area contributed by atoms with Crippen LogP contribution < -0.4 is 5.32 Å². The first-order valence-electron chi connectivity index (χ1n) is 11.2. The second kappa shape index (κ2) is 8.93. The van der Waals surface area contributed by atoms with Gasteiger partial charge >= 0.3 is 0 Å². The number of likely N-dealkylation sites (tertiary alicyclic amines) is 1. The molecule has 0 spiro atoms. The van der Waals surface area contributed by atoms with Crippen molar-refractivity contribution in [3.05, 3.63) is 89.6 Å². The van der Waals surface area contributed by atoms with Gasteiger partial charge in [0.05, 0.1) is 17.3 Å². The van der Waals surface area contributed by atoms with E-state index in [4.69, 9.17) is 4.98 Å². The first kappa shape index (κ1) is 20.4. The lowest BCUT2D eigenvalue weighted by molar-refractivity contribution is 0.102. The van der Waals surface area contributed by atoms with Crippen molar-refractivity contribution in [3.63, 3.8) is 0 Å². The van der Waals surface area contributed by atoms with Crippen molar-refractivity contribution < 1.29 is 4.79 Å². The van der Waals surface area contributed by atoms with Gasteiger partial charge < -0.3 is 10.3 Å². The minimum absolute atomic E-state index is 0.163. The van der Waals surface area contributed by atoms with Crippen molar-refractivity contribution in [2.45, 2.75) is 38.8 Å². The molecule has 4 aromatic rings. The van der Waals surface area contributed by atoms with Crippen LogP contribution in [0.2, 0.25) is 0 Å². The van der Waals surface area contributed by atoms with E-state index in [1.54, 1.807) is 6.20 Å². The number of piperidine rings is 1. The number of aromatic amines is 1. The van der Waals surface area contributed by atoms with E-state index >= 15 is 0 Å². The van der Waals surface area contributed by atoms with Gasteiger partial charge in [0, 0.05) is 30.1 Å². The molecule has 1 aliphatic rings. The number of para-hydroxylation sites is 1. The van der Waals surface area contributed by atoms with Crippen molar-refractivity contribution >= 4 is 22.5 Å². The average Bonchev–Trinajstić information content (AvgIpc) is 3.28. The van der Waals surface area contributed by atoms with Crippen molar-refractivity contribution in [3.8, 4) is 0 Å². The van der Waals surface area contributed by atoms with E-state index in [1.165, 1.54) is 17.4 Å². The minimum atomic E-state index is -0.180. The Morgan fingerprint density at radius 1 is 1.16 bits per heavy atom. The lowest BCUT2D eigenvalue weighted by Crippen LogP contribution is -2.34. The molecule has 0 unspecified atom stereocenters. The Morgan fingerprint density at radius 3 is 2.88 bits per heavy atom. The maximum atomic E-state index is 12.7. The monoisotopic (exact) mass is 425 g/mol. The number of carbonyl (C=O) groups is 1. The smallest absolute Gasteiger partial charge is 0.259 e. The number of benzene rings is 2. The maximum Gasteiger partial charge on any atom is 0.259 e. The molecule has 3 heterocycles. The number of fused-ring (bicyclic) bond motifs is 1. The van der Waals surface area contributed by atoms with Crippen LogP contribution in [0.15, 0.2) is 67.0 Å². The predicted molar refractivity (Wildman–Crippen MR) is 126 cm³/mol. The summed E-state index contributed by atoms with van der Waals surface area (Å²) in [4.78, 5) is 27.8. The SMILES string of the molecule is Cc1nc([C@H]2CCCCN2Cc2ccc3[nH]ccc3c2)ncc1C(=O)Nc1ccccc1. The summed E-state index contributed by atoms with van der Waals surface area (Å²) in [5.41, 5.74) is 4.44. The summed E-state index contributed by atoms with van der Waals surface area (Å²) in [6, 6.07) is 18.3. The Kier molecular flexibility index (Phi) is 5.69. The van der Waals surface area contributed by atoms with Gasteiger partial charge in [-0.2, -0.15) is 0 Å². The van der Waals surface area contributed by atoms with E-state index in [-0.39, 0.29) is 11.9 Å². The molecule has 32 heavy (non-hydrogen) atoms. The maximum absolute atomic E-state index is 12.7. The summed E-state index contributed by atoms with van der Waals surface area (Å²) in [6.45, 7) is 3.77. The van der Waals surface area contributed by atoms with E-state index in [0.29, 0.717) is 11.3 Å². The summed E-state index contributed by atoms with van der Waals surface area (Å²) in [5.74, 6) is 0.627. The molecule has 1 amide bonds. The molecule has 162 valence electrons. The molecule has 2 aromatic carbocycles. The number of hydrogen-bond acceptors (Lipinski definition) is 4. The molecule has 2 N–H and O–H groups in total. The molecule has 0 radical (unpaired) electrons. The van der Waals surface area contributed by atoms with Gasteiger partial charge in [-0.25, -0.2) is 9.97 Å². The van der Waals surface area contributed by atoms with Gasteiger partial charge in [0.1, 0.15) is 5.82 Å². The molecular weight excluding hydrogens is 398 g/mol. The molecule has 0 aliphatic carbocycles. The van der Waals surface area contributed by atoms with Crippen LogP contribution in [-0.4, -0.2) is 32.3 Å². The summed E-state index contributed by atoms with van der Waals surface area (Å²) in [7, 11) is 0. The highest BCUT2D eigenvalue weighted by Crippen LogP contribution is 2.31. The molecule has 0 saturated carbocycles. The van der Waals surface area contributed by atoms with Gasteiger partial charge in [-0.15, -0.1) is 0 Å². The number of anilines is 1. The summed E-state index contributed by atoms with van der Waals surface area (Å²) in [6.07, 6.45) is 7.02. The van der Waals surface area contributed by atoms with Crippen LogP contribution in [0.3, 0.4) is 0 Å². The highest BCUT2D eigenvalue weighted by Gasteiger charge is 2.27. The van der Waals surface area contributed by atoms with Crippen molar-refractivity contribution in [1.82, 2.24) is 19.9 Å². The van der Waals surface area contributed by atoms with Crippen LogP contribution in [0.4, 0.5) is 5.69 Å². The number of aryl methyl sites for hydroxylation is 1. The third-order valence-corrected chi connectivity index (χ3v) is 6.19. The summed E-state index contributed by atoms with van der Waals surface area (Å²) >= 11 is 0. The number of hydrogen-bond donors (Lipinski definition) is 2. The Morgan fingerprint density at radius 2 is 2.03 bits per heavy atom. The lowest BCUT2D eigenvalue weighted by Gasteiger charge is -2.35. The third kappa shape index (κ3) is 4.27. The average molecular weight is 426 g/mol. The lowest BCUT2D eigenvalue weighted by atomic mass is 10.00. The standard InChI is InChI=1S/C26H27N5O/c1-18-22(26(32)30-21-7-3-2-4-8-21)16-28-25(29-18)24-9-5-6-14-31(24)17-19-10-11-23-20(15-19)12-13-27-23/h2-4,7-8,10-13,15-16,24,27H,5-6,9,14,17H2,1H3,(H,30,32)/t24-/m1/s1. The van der Waals surface area contributed by atoms with Crippen molar-refractivity contribution in [2.75, 3.05) is 11.9 Å². The number of amides is 1. The largest absolute Gasteiger partial charge is 0.361 e. The van der Waals surface area contributed by atoms with E-state index in [2.05, 4.69) is 44.5 Å². The van der Waals surface area contributed by atoms with Gasteiger partial charge in [-0.3, -0.25) is 9.69 Å². The quantitative estimate of drug-likeness (QED) is 0.458. The number of aromatic nitrogens is 3. The number of nitrogens with one attached hydrogen (secondary N) is 2. The minimum Gasteiger partial charge on any atom is -0.361 e. The van der Waals surface area contributed by atoms with Crippen molar-refractivity contribution in [2.24, 2.45) is 0 Å². The van der Waals surface area contributed by atoms with Crippen LogP contribution in [0, 0.1) is 6.92 Å². The van der Waals surface area contributed by atoms with E-state index < -0.39 is 0 Å². The fraction of sp³-hybridized carbons (Fsp3) is 0.269. The Labute approximate surface area is 187 Å². The van der Waals surface area contributed by atoms with Crippen LogP contribution in [0.1, 0.15) is 52.7 Å². The van der Waals surface area contributed by atoms with Crippen LogP contribution in [-0.2, 0) is 6.54 Å². The summed E-state index contributed by atoms with van der Waals surface area (Å²) in [5, 5.41) is 4.15. The Bertz CT molecular complexity index is 1230. The highest BCUT2D eigenvalue weighted by atomic mass is 16.1. The Hall–Kier alpha value is -3.51. The molecule has 6 heteroatoms. The highest BCUT2D eigenvalue weighted by molar-refractivity contribution is 6.04. The fourth-order valence-electron chi connectivity index (χ4n) is 4.50. The van der Waals surface area contributed by atoms with E-state index in [0.717, 1.165) is 43.0 Å². The zero-order chi connectivity index (χ0) is 21.9. The predicted octanol–water partition coefficient (Wildman–Crippen LogP) is 5.25. The first-order chi connectivity index (χ1) is 15.7. The molecule has 1 fully saturated rings. The van der Waals surface area contributed by atoms with Crippen LogP contribution >= 0.6 is 0 Å². The zero-order valence-corrected chi connectivity index (χ0v) is 18.2. The van der Waals surface area contributed by atoms with Crippen LogP contribution in [0.25, 0.3) is 10.9 Å². The third-order valence-electron chi connectivity index (χ3n) is 6.19. The second-order valence-electron chi connectivity index (χ2n) is 8.43. The molecule has 5 rings (SSSR count). The van der Waals surface area contributed by atoms with Gasteiger partial charge in [0.2, 0.25) is 0 Å². The molecule has 6 nitrogen and oxygen atoms in total. The topological polar surface area (TPSA) is 73.9 Å². The van der Waals surface area contributed by atoms with Gasteiger partial charge in [0.25, 0.3) is 5.91 Å². The summed E-state index contributed by atoms with van der Waals surface area (Å²) < 4.78 is 0. The molecular formula is C26H27N5O. The molecule has 0 bridgehead atoms. The molecule has 1 saturated heterocycles. The van der Waals surface area contributed by atoms with E-state index in [9.17, 15) is 4.79 Å².